The average Bonchev–Trinajstić information content (AvgIpc) is 2.45. The van der Waals surface area contributed by atoms with Gasteiger partial charge in [-0.2, -0.15) is 4.31 Å². The molecule has 21 heavy (non-hydrogen) atoms. The van der Waals surface area contributed by atoms with Crippen molar-refractivity contribution in [2.75, 3.05) is 0 Å². The summed E-state index contributed by atoms with van der Waals surface area (Å²) in [5, 5.41) is 0. The SMILES string of the molecule is CC(C)N(Cc1cccnc1)S(=O)(=O)c1cncc(Br)c1. The van der Waals surface area contributed by atoms with Crippen LogP contribution in [0.25, 0.3) is 0 Å². The van der Waals surface area contributed by atoms with Gasteiger partial charge in [0.05, 0.1) is 0 Å². The molecule has 5 nitrogen and oxygen atoms in total. The molecule has 2 rings (SSSR count). The van der Waals surface area contributed by atoms with E-state index < -0.39 is 10.0 Å². The fourth-order valence-electron chi connectivity index (χ4n) is 1.89. The Morgan fingerprint density at radius 3 is 2.57 bits per heavy atom. The van der Waals surface area contributed by atoms with Crippen molar-refractivity contribution >= 4 is 26.0 Å². The fourth-order valence-corrected chi connectivity index (χ4v) is 4.02. The van der Waals surface area contributed by atoms with Gasteiger partial charge < -0.3 is 0 Å². The zero-order valence-electron chi connectivity index (χ0n) is 11.8. The maximum atomic E-state index is 12.8. The Bertz CT molecular complexity index is 705. The van der Waals surface area contributed by atoms with Crippen LogP contribution in [-0.2, 0) is 16.6 Å². The summed E-state index contributed by atoms with van der Waals surface area (Å²) in [6.07, 6.45) is 6.25. The third-order valence-electron chi connectivity index (χ3n) is 2.92. The summed E-state index contributed by atoms with van der Waals surface area (Å²) in [4.78, 5) is 8.13. The van der Waals surface area contributed by atoms with E-state index in [9.17, 15) is 8.42 Å². The van der Waals surface area contributed by atoms with Gasteiger partial charge in [-0.3, -0.25) is 9.97 Å². The Hall–Kier alpha value is -1.31. The van der Waals surface area contributed by atoms with Crippen molar-refractivity contribution in [2.45, 2.75) is 31.3 Å². The molecule has 112 valence electrons. The van der Waals surface area contributed by atoms with E-state index in [0.29, 0.717) is 4.47 Å². The van der Waals surface area contributed by atoms with Crippen molar-refractivity contribution in [3.05, 3.63) is 53.0 Å². The Kier molecular flexibility index (Phi) is 5.08. The van der Waals surface area contributed by atoms with Crippen molar-refractivity contribution < 1.29 is 8.42 Å². The molecule has 0 aliphatic heterocycles. The molecule has 0 atom stereocenters. The van der Waals surface area contributed by atoms with E-state index in [0.717, 1.165) is 5.56 Å². The maximum absolute atomic E-state index is 12.8. The molecule has 7 heteroatoms. The molecule has 0 saturated carbocycles. The molecule has 0 radical (unpaired) electrons. The number of pyridine rings is 2. The first kappa shape index (κ1) is 16.1. The second-order valence-electron chi connectivity index (χ2n) is 4.84. The number of sulfonamides is 1. The Morgan fingerprint density at radius 1 is 1.24 bits per heavy atom. The van der Waals surface area contributed by atoms with Crippen LogP contribution in [-0.4, -0.2) is 28.7 Å². The van der Waals surface area contributed by atoms with Crippen LogP contribution in [0.2, 0.25) is 0 Å². The summed E-state index contributed by atoms with van der Waals surface area (Å²) in [7, 11) is -3.61. The second kappa shape index (κ2) is 6.64. The van der Waals surface area contributed by atoms with Crippen LogP contribution in [0.3, 0.4) is 0 Å². The highest BCUT2D eigenvalue weighted by molar-refractivity contribution is 9.10. The molecule has 0 amide bonds. The van der Waals surface area contributed by atoms with Crippen molar-refractivity contribution in [1.29, 1.82) is 0 Å². The predicted molar refractivity (Wildman–Crippen MR) is 84.0 cm³/mol. The quantitative estimate of drug-likeness (QED) is 0.812. The van der Waals surface area contributed by atoms with Crippen LogP contribution in [0, 0.1) is 0 Å². The van der Waals surface area contributed by atoms with Gasteiger partial charge in [-0.1, -0.05) is 6.07 Å². The molecule has 0 saturated heterocycles. The van der Waals surface area contributed by atoms with Crippen LogP contribution in [0.5, 0.6) is 0 Å². The molecule has 0 aliphatic carbocycles. The largest absolute Gasteiger partial charge is 0.264 e. The maximum Gasteiger partial charge on any atom is 0.245 e. The lowest BCUT2D eigenvalue weighted by Crippen LogP contribution is -2.36. The summed E-state index contributed by atoms with van der Waals surface area (Å²) < 4.78 is 27.6. The van der Waals surface area contributed by atoms with Gasteiger partial charge in [0.2, 0.25) is 10.0 Å². The van der Waals surface area contributed by atoms with E-state index in [2.05, 4.69) is 25.9 Å². The Labute approximate surface area is 133 Å². The highest BCUT2D eigenvalue weighted by atomic mass is 79.9. The van der Waals surface area contributed by atoms with Crippen LogP contribution in [0.15, 0.2) is 52.4 Å². The van der Waals surface area contributed by atoms with E-state index in [1.54, 1.807) is 30.7 Å². The predicted octanol–water partition coefficient (Wildman–Crippen LogP) is 2.84. The molecule has 0 aliphatic rings. The lowest BCUT2D eigenvalue weighted by atomic mass is 10.2. The third kappa shape index (κ3) is 3.87. The van der Waals surface area contributed by atoms with Gasteiger partial charge in [0.25, 0.3) is 0 Å². The zero-order valence-corrected chi connectivity index (χ0v) is 14.2. The minimum Gasteiger partial charge on any atom is -0.264 e. The number of nitrogens with zero attached hydrogens (tertiary/aromatic N) is 3. The average molecular weight is 370 g/mol. The molecule has 0 aromatic carbocycles. The molecular weight excluding hydrogens is 354 g/mol. The first-order valence-electron chi connectivity index (χ1n) is 6.42. The van der Waals surface area contributed by atoms with E-state index >= 15 is 0 Å². The number of rotatable bonds is 5. The highest BCUT2D eigenvalue weighted by Crippen LogP contribution is 2.22. The van der Waals surface area contributed by atoms with Gasteiger partial charge >= 0.3 is 0 Å². The van der Waals surface area contributed by atoms with Gasteiger partial charge in [-0.15, -0.1) is 0 Å². The minimum atomic E-state index is -3.61. The monoisotopic (exact) mass is 369 g/mol. The Morgan fingerprint density at radius 2 is 2.00 bits per heavy atom. The zero-order chi connectivity index (χ0) is 15.5. The summed E-state index contributed by atoms with van der Waals surface area (Å²) in [5.74, 6) is 0. The standard InChI is InChI=1S/C14H16BrN3O2S/c1-11(2)18(10-12-4-3-5-16-7-12)21(19,20)14-6-13(15)8-17-9-14/h3-9,11H,10H2,1-2H3. The van der Waals surface area contributed by atoms with Crippen molar-refractivity contribution in [1.82, 2.24) is 14.3 Å². The van der Waals surface area contributed by atoms with Gasteiger partial charge in [0, 0.05) is 41.8 Å². The molecule has 2 aromatic rings. The topological polar surface area (TPSA) is 63.2 Å². The molecule has 0 N–H and O–H groups in total. The summed E-state index contributed by atoms with van der Waals surface area (Å²) >= 11 is 3.25. The fraction of sp³-hybridized carbons (Fsp3) is 0.286. The van der Waals surface area contributed by atoms with Crippen LogP contribution in [0.4, 0.5) is 0 Å². The van der Waals surface area contributed by atoms with Crippen LogP contribution >= 0.6 is 15.9 Å². The van der Waals surface area contributed by atoms with Gasteiger partial charge in [-0.25, -0.2) is 8.42 Å². The van der Waals surface area contributed by atoms with Crippen molar-refractivity contribution in [3.63, 3.8) is 0 Å². The number of hydrogen-bond donors (Lipinski definition) is 0. The van der Waals surface area contributed by atoms with Crippen LogP contribution in [0.1, 0.15) is 19.4 Å². The second-order valence-corrected chi connectivity index (χ2v) is 7.65. The minimum absolute atomic E-state index is 0.172. The van der Waals surface area contributed by atoms with Gasteiger partial charge in [0.15, 0.2) is 0 Å². The van der Waals surface area contributed by atoms with Crippen LogP contribution < -0.4 is 0 Å². The van der Waals surface area contributed by atoms with Gasteiger partial charge in [-0.05, 0) is 47.5 Å². The molecule has 0 spiro atoms. The summed E-state index contributed by atoms with van der Waals surface area (Å²) in [6.45, 7) is 3.97. The number of hydrogen-bond acceptors (Lipinski definition) is 4. The molecule has 0 unspecified atom stereocenters. The summed E-state index contributed by atoms with van der Waals surface area (Å²) in [6, 6.07) is 5.04. The van der Waals surface area contributed by atoms with Crippen molar-refractivity contribution in [2.24, 2.45) is 0 Å². The molecular formula is C14H16BrN3O2S. The molecule has 0 bridgehead atoms. The first-order valence-corrected chi connectivity index (χ1v) is 8.66. The van der Waals surface area contributed by atoms with Crippen molar-refractivity contribution in [3.8, 4) is 0 Å². The molecule has 2 aromatic heterocycles. The number of aromatic nitrogens is 2. The summed E-state index contributed by atoms with van der Waals surface area (Å²) in [5.41, 5.74) is 0.845. The Balaban J connectivity index is 2.37. The highest BCUT2D eigenvalue weighted by Gasteiger charge is 2.27. The normalized spacial score (nSPS) is 12.0. The molecule has 0 fully saturated rings. The third-order valence-corrected chi connectivity index (χ3v) is 5.34. The lowest BCUT2D eigenvalue weighted by Gasteiger charge is -2.25. The van der Waals surface area contributed by atoms with E-state index in [4.69, 9.17) is 0 Å². The lowest BCUT2D eigenvalue weighted by molar-refractivity contribution is 0.347. The number of halogens is 1. The van der Waals surface area contributed by atoms with Gasteiger partial charge in [0.1, 0.15) is 4.90 Å². The molecule has 2 heterocycles. The first-order chi connectivity index (χ1) is 9.91. The van der Waals surface area contributed by atoms with E-state index in [1.165, 1.54) is 10.5 Å². The van der Waals surface area contributed by atoms with E-state index in [-0.39, 0.29) is 17.5 Å². The smallest absolute Gasteiger partial charge is 0.245 e. The van der Waals surface area contributed by atoms with E-state index in [1.807, 2.05) is 19.9 Å².